The summed E-state index contributed by atoms with van der Waals surface area (Å²) in [5, 5.41) is 28.4. The number of aromatic hydroxyl groups is 1. The number of aliphatic carboxylic acids is 1. The second-order valence-corrected chi connectivity index (χ2v) is 6.05. The molecule has 1 aromatic rings. The van der Waals surface area contributed by atoms with Gasteiger partial charge in [-0.05, 0) is 56.7 Å². The number of phenols is 1. The van der Waals surface area contributed by atoms with Crippen LogP contribution in [-0.2, 0) is 24.1 Å². The molecule has 23 heavy (non-hydrogen) atoms. The Labute approximate surface area is 137 Å². The Bertz CT molecular complexity index is 608. The van der Waals surface area contributed by atoms with Gasteiger partial charge in [-0.2, -0.15) is 0 Å². The molecule has 0 unspecified atom stereocenters. The Hall–Kier alpha value is -2.07. The van der Waals surface area contributed by atoms with Gasteiger partial charge in [-0.25, -0.2) is 0 Å². The second kappa shape index (κ2) is 9.16. The van der Waals surface area contributed by atoms with E-state index in [9.17, 15) is 9.90 Å². The molecule has 0 saturated carbocycles. The van der Waals surface area contributed by atoms with Crippen LogP contribution in [-0.4, -0.2) is 27.9 Å². The molecular weight excluding hydrogens is 292 g/mol. The molecule has 1 aromatic carbocycles. The lowest BCUT2D eigenvalue weighted by molar-refractivity contribution is -0.136. The Kier molecular flexibility index (Phi) is 7.55. The van der Waals surface area contributed by atoms with Crippen LogP contribution in [0.4, 0.5) is 0 Å². The first kappa shape index (κ1) is 19.0. The standard InChI is InChI=1S/C19H26O4/c1-13(2)4-7-16-10-15(6-9-18(21)22)11-17(19(16)23)8-5-14(3)12-20/h4-5,10-11,20,23H,6-9,12H2,1-3H3,(H,21,22). The van der Waals surface area contributed by atoms with E-state index < -0.39 is 5.97 Å². The van der Waals surface area contributed by atoms with Crippen molar-refractivity contribution in [3.63, 3.8) is 0 Å². The fourth-order valence-corrected chi connectivity index (χ4v) is 2.20. The van der Waals surface area contributed by atoms with Gasteiger partial charge in [0.25, 0.3) is 0 Å². The first-order valence-electron chi connectivity index (χ1n) is 7.78. The third-order valence-electron chi connectivity index (χ3n) is 3.61. The number of carboxylic acids is 1. The Morgan fingerprint density at radius 2 is 1.65 bits per heavy atom. The van der Waals surface area contributed by atoms with Gasteiger partial charge in [-0.3, -0.25) is 4.79 Å². The minimum atomic E-state index is -0.832. The second-order valence-electron chi connectivity index (χ2n) is 6.05. The quantitative estimate of drug-likeness (QED) is 0.642. The van der Waals surface area contributed by atoms with Crippen molar-refractivity contribution >= 4 is 5.97 Å². The molecule has 0 radical (unpaired) electrons. The molecule has 0 fully saturated rings. The zero-order chi connectivity index (χ0) is 17.4. The predicted octanol–water partition coefficient (Wildman–Crippen LogP) is 3.40. The molecule has 4 nitrogen and oxygen atoms in total. The molecular formula is C19H26O4. The van der Waals surface area contributed by atoms with E-state index in [1.165, 1.54) is 0 Å². The molecule has 1 rings (SSSR count). The van der Waals surface area contributed by atoms with Crippen molar-refractivity contribution in [1.82, 2.24) is 0 Å². The zero-order valence-corrected chi connectivity index (χ0v) is 14.1. The van der Waals surface area contributed by atoms with Gasteiger partial charge in [-0.1, -0.05) is 35.4 Å². The molecule has 4 heteroatoms. The predicted molar refractivity (Wildman–Crippen MR) is 91.7 cm³/mol. The zero-order valence-electron chi connectivity index (χ0n) is 14.1. The summed E-state index contributed by atoms with van der Waals surface area (Å²) < 4.78 is 0. The van der Waals surface area contributed by atoms with Crippen LogP contribution in [0.3, 0.4) is 0 Å². The lowest BCUT2D eigenvalue weighted by atomic mass is 9.96. The summed E-state index contributed by atoms with van der Waals surface area (Å²) in [7, 11) is 0. The van der Waals surface area contributed by atoms with E-state index in [0.717, 1.165) is 27.8 Å². The van der Waals surface area contributed by atoms with Gasteiger partial charge in [0.05, 0.1) is 6.61 Å². The van der Waals surface area contributed by atoms with Crippen LogP contribution in [0.2, 0.25) is 0 Å². The van der Waals surface area contributed by atoms with Crippen LogP contribution in [0.1, 0.15) is 43.9 Å². The van der Waals surface area contributed by atoms with Crippen LogP contribution in [0.5, 0.6) is 5.75 Å². The minimum Gasteiger partial charge on any atom is -0.507 e. The number of rotatable bonds is 8. The number of allylic oxidation sites excluding steroid dienone is 3. The van der Waals surface area contributed by atoms with Crippen molar-refractivity contribution in [1.29, 1.82) is 0 Å². The molecule has 126 valence electrons. The fourth-order valence-electron chi connectivity index (χ4n) is 2.20. The highest BCUT2D eigenvalue weighted by Crippen LogP contribution is 2.27. The van der Waals surface area contributed by atoms with Crippen molar-refractivity contribution < 1.29 is 20.1 Å². The number of phenolic OH excluding ortho intramolecular Hbond substituents is 1. The minimum absolute atomic E-state index is 0.00983. The maximum atomic E-state index is 10.8. The first-order valence-corrected chi connectivity index (χ1v) is 7.78. The number of carbonyl (C=O) groups is 1. The van der Waals surface area contributed by atoms with Crippen molar-refractivity contribution in [3.05, 3.63) is 52.1 Å². The summed E-state index contributed by atoms with van der Waals surface area (Å²) in [6, 6.07) is 3.73. The molecule has 0 aliphatic rings. The fraction of sp³-hybridized carbons (Fsp3) is 0.421. The molecule has 0 saturated heterocycles. The molecule has 0 aliphatic carbocycles. The van der Waals surface area contributed by atoms with Gasteiger partial charge >= 0.3 is 5.97 Å². The Balaban J connectivity index is 3.14. The topological polar surface area (TPSA) is 77.8 Å². The molecule has 3 N–H and O–H groups in total. The molecule has 0 heterocycles. The maximum absolute atomic E-state index is 10.8. The van der Waals surface area contributed by atoms with Crippen LogP contribution >= 0.6 is 0 Å². The molecule has 0 aromatic heterocycles. The van der Waals surface area contributed by atoms with E-state index in [1.807, 2.05) is 45.1 Å². The normalized spacial score (nSPS) is 11.4. The van der Waals surface area contributed by atoms with Gasteiger partial charge < -0.3 is 15.3 Å². The van der Waals surface area contributed by atoms with E-state index in [2.05, 4.69) is 0 Å². The van der Waals surface area contributed by atoms with Gasteiger partial charge in [-0.15, -0.1) is 0 Å². The molecule has 0 amide bonds. The van der Waals surface area contributed by atoms with Crippen LogP contribution in [0.25, 0.3) is 0 Å². The number of carboxylic acid groups (broad SMARTS) is 1. The molecule has 0 bridgehead atoms. The van der Waals surface area contributed by atoms with Crippen molar-refractivity contribution in [2.75, 3.05) is 6.61 Å². The average molecular weight is 318 g/mol. The van der Waals surface area contributed by atoms with Crippen molar-refractivity contribution in [2.45, 2.75) is 46.5 Å². The number of hydrogen-bond acceptors (Lipinski definition) is 3. The highest BCUT2D eigenvalue weighted by Gasteiger charge is 2.10. The maximum Gasteiger partial charge on any atom is 0.303 e. The smallest absolute Gasteiger partial charge is 0.303 e. The number of aryl methyl sites for hydroxylation is 1. The van der Waals surface area contributed by atoms with Crippen LogP contribution in [0.15, 0.2) is 35.4 Å². The van der Waals surface area contributed by atoms with Crippen LogP contribution in [0, 0.1) is 0 Å². The summed E-state index contributed by atoms with van der Waals surface area (Å²) in [6.45, 7) is 5.82. The summed E-state index contributed by atoms with van der Waals surface area (Å²) in [5.41, 5.74) is 4.48. The number of benzene rings is 1. The lowest BCUT2D eigenvalue weighted by Crippen LogP contribution is -2.00. The molecule has 0 atom stereocenters. The van der Waals surface area contributed by atoms with Crippen molar-refractivity contribution in [2.24, 2.45) is 0 Å². The van der Waals surface area contributed by atoms with Crippen LogP contribution < -0.4 is 0 Å². The summed E-state index contributed by atoms with van der Waals surface area (Å²) >= 11 is 0. The van der Waals surface area contributed by atoms with E-state index in [-0.39, 0.29) is 18.8 Å². The average Bonchev–Trinajstić information content (AvgIpc) is 2.50. The third-order valence-corrected chi connectivity index (χ3v) is 3.61. The van der Waals surface area contributed by atoms with Gasteiger partial charge in [0.15, 0.2) is 0 Å². The first-order chi connectivity index (χ1) is 10.8. The summed E-state index contributed by atoms with van der Waals surface area (Å²) in [5.74, 6) is -0.579. The van der Waals surface area contributed by atoms with E-state index in [0.29, 0.717) is 19.3 Å². The summed E-state index contributed by atoms with van der Waals surface area (Å²) in [6.07, 6.45) is 5.55. The van der Waals surface area contributed by atoms with Gasteiger partial charge in [0, 0.05) is 6.42 Å². The third kappa shape index (κ3) is 6.70. The number of aliphatic hydroxyl groups excluding tert-OH is 1. The SMILES string of the molecule is CC(C)=CCc1cc(CCC(=O)O)cc(CC=C(C)CO)c1O. The molecule has 0 aliphatic heterocycles. The highest BCUT2D eigenvalue weighted by atomic mass is 16.4. The van der Waals surface area contributed by atoms with E-state index >= 15 is 0 Å². The number of aliphatic hydroxyl groups is 1. The van der Waals surface area contributed by atoms with Gasteiger partial charge in [0.2, 0.25) is 0 Å². The lowest BCUT2D eigenvalue weighted by Gasteiger charge is -2.12. The highest BCUT2D eigenvalue weighted by molar-refractivity contribution is 5.67. The van der Waals surface area contributed by atoms with Gasteiger partial charge in [0.1, 0.15) is 5.75 Å². The van der Waals surface area contributed by atoms with Crippen molar-refractivity contribution in [3.8, 4) is 5.75 Å². The number of hydrogen-bond donors (Lipinski definition) is 3. The summed E-state index contributed by atoms with van der Waals surface area (Å²) in [4.78, 5) is 10.8. The largest absolute Gasteiger partial charge is 0.507 e. The Morgan fingerprint density at radius 3 is 2.13 bits per heavy atom. The van der Waals surface area contributed by atoms with E-state index in [4.69, 9.17) is 10.2 Å². The van der Waals surface area contributed by atoms with E-state index in [1.54, 1.807) is 0 Å². The molecule has 0 spiro atoms. The Morgan fingerprint density at radius 1 is 1.09 bits per heavy atom. The monoisotopic (exact) mass is 318 g/mol.